The fourth-order valence-corrected chi connectivity index (χ4v) is 3.18. The van der Waals surface area contributed by atoms with Crippen LogP contribution in [-0.4, -0.2) is 39.2 Å². The highest BCUT2D eigenvalue weighted by molar-refractivity contribution is 9.10. The van der Waals surface area contributed by atoms with Gasteiger partial charge in [0, 0.05) is 30.9 Å². The lowest BCUT2D eigenvalue weighted by Crippen LogP contribution is -2.39. The van der Waals surface area contributed by atoms with E-state index in [9.17, 15) is 8.42 Å². The number of methoxy groups -OCH3 is 1. The summed E-state index contributed by atoms with van der Waals surface area (Å²) >= 11 is 3.24. The third-order valence-electron chi connectivity index (χ3n) is 2.69. The molecule has 2 N–H and O–H groups in total. The summed E-state index contributed by atoms with van der Waals surface area (Å²) in [7, 11) is -2.12. The van der Waals surface area contributed by atoms with Crippen molar-refractivity contribution in [1.82, 2.24) is 9.71 Å². The van der Waals surface area contributed by atoms with Crippen LogP contribution < -0.4 is 10.0 Å². The van der Waals surface area contributed by atoms with E-state index in [4.69, 9.17) is 4.74 Å². The molecule has 0 saturated carbocycles. The molecule has 114 valence electrons. The fraction of sp³-hybridized carbons (Fsp3) is 0.583. The minimum atomic E-state index is -3.66. The van der Waals surface area contributed by atoms with Gasteiger partial charge >= 0.3 is 0 Å². The van der Waals surface area contributed by atoms with E-state index < -0.39 is 15.6 Å². The highest BCUT2D eigenvalue weighted by Gasteiger charge is 2.24. The number of rotatable bonds is 7. The molecule has 1 aromatic rings. The van der Waals surface area contributed by atoms with Crippen molar-refractivity contribution >= 4 is 31.8 Å². The van der Waals surface area contributed by atoms with Crippen molar-refractivity contribution in [3.05, 3.63) is 16.7 Å². The number of aromatic nitrogens is 1. The molecule has 0 radical (unpaired) electrons. The van der Waals surface area contributed by atoms with Gasteiger partial charge in [-0.2, -0.15) is 0 Å². The maximum atomic E-state index is 12.4. The minimum Gasteiger partial charge on any atom is -0.377 e. The van der Waals surface area contributed by atoms with Crippen LogP contribution >= 0.6 is 15.9 Å². The number of halogens is 1. The van der Waals surface area contributed by atoms with Crippen LogP contribution in [0.5, 0.6) is 0 Å². The van der Waals surface area contributed by atoms with E-state index in [1.165, 1.54) is 6.07 Å². The molecule has 0 bridgehead atoms. The van der Waals surface area contributed by atoms with Gasteiger partial charge in [-0.1, -0.05) is 0 Å². The molecule has 0 amide bonds. The highest BCUT2D eigenvalue weighted by atomic mass is 79.9. The first-order valence-electron chi connectivity index (χ1n) is 6.16. The maximum Gasteiger partial charge on any atom is 0.244 e. The highest BCUT2D eigenvalue weighted by Crippen LogP contribution is 2.23. The summed E-state index contributed by atoms with van der Waals surface area (Å²) in [4.78, 5) is 4.20. The molecule has 0 aliphatic carbocycles. The van der Waals surface area contributed by atoms with Crippen molar-refractivity contribution < 1.29 is 13.2 Å². The molecule has 20 heavy (non-hydrogen) atoms. The first kappa shape index (κ1) is 17.4. The Kier molecular flexibility index (Phi) is 5.93. The number of pyridine rings is 1. The molecule has 0 saturated heterocycles. The van der Waals surface area contributed by atoms with E-state index >= 15 is 0 Å². The van der Waals surface area contributed by atoms with Gasteiger partial charge in [-0.25, -0.2) is 18.1 Å². The SMILES string of the molecule is CCNc1ncc(Br)cc1S(=O)(=O)NCC(C)(C)OC. The Balaban J connectivity index is 3.05. The first-order chi connectivity index (χ1) is 9.22. The normalized spacial score (nSPS) is 12.4. The molecular weight excluding hydrogens is 346 g/mol. The number of hydrogen-bond donors (Lipinski definition) is 2. The zero-order valence-electron chi connectivity index (χ0n) is 12.0. The zero-order valence-corrected chi connectivity index (χ0v) is 14.4. The number of sulfonamides is 1. The van der Waals surface area contributed by atoms with Crippen LogP contribution in [0.3, 0.4) is 0 Å². The van der Waals surface area contributed by atoms with Crippen molar-refractivity contribution in [3.63, 3.8) is 0 Å². The predicted molar refractivity (Wildman–Crippen MR) is 82.4 cm³/mol. The summed E-state index contributed by atoms with van der Waals surface area (Å²) in [6, 6.07) is 1.52. The lowest BCUT2D eigenvalue weighted by atomic mass is 10.1. The van der Waals surface area contributed by atoms with Crippen LogP contribution in [0.4, 0.5) is 5.82 Å². The monoisotopic (exact) mass is 365 g/mol. The van der Waals surface area contributed by atoms with E-state index in [0.717, 1.165) is 0 Å². The van der Waals surface area contributed by atoms with Crippen molar-refractivity contribution in [1.29, 1.82) is 0 Å². The molecule has 0 unspecified atom stereocenters. The molecule has 6 nitrogen and oxygen atoms in total. The standard InChI is InChI=1S/C12H20BrN3O3S/c1-5-14-11-10(6-9(13)7-15-11)20(17,18)16-8-12(2,3)19-4/h6-7,16H,5,8H2,1-4H3,(H,14,15). The zero-order chi connectivity index (χ0) is 15.4. The lowest BCUT2D eigenvalue weighted by Gasteiger charge is -2.23. The quantitative estimate of drug-likeness (QED) is 0.771. The van der Waals surface area contributed by atoms with Gasteiger partial charge in [0.15, 0.2) is 0 Å². The Hall–Kier alpha value is -0.700. The summed E-state index contributed by atoms with van der Waals surface area (Å²) < 4.78 is 33.1. The fourth-order valence-electron chi connectivity index (χ4n) is 1.34. The van der Waals surface area contributed by atoms with Gasteiger partial charge in [-0.3, -0.25) is 0 Å². The Labute approximate surface area is 128 Å². The van der Waals surface area contributed by atoms with Gasteiger partial charge in [-0.05, 0) is 42.8 Å². The van der Waals surface area contributed by atoms with Gasteiger partial charge in [0.2, 0.25) is 10.0 Å². The average Bonchev–Trinajstić information content (AvgIpc) is 2.39. The van der Waals surface area contributed by atoms with Crippen molar-refractivity contribution in [2.45, 2.75) is 31.3 Å². The molecule has 0 fully saturated rings. The molecule has 0 atom stereocenters. The third-order valence-corrected chi connectivity index (χ3v) is 4.54. The number of anilines is 1. The summed E-state index contributed by atoms with van der Waals surface area (Å²) in [5, 5.41) is 2.94. The number of hydrogen-bond acceptors (Lipinski definition) is 5. The average molecular weight is 366 g/mol. The predicted octanol–water partition coefficient (Wildman–Crippen LogP) is 1.98. The summed E-state index contributed by atoms with van der Waals surface area (Å²) in [6.45, 7) is 6.24. The number of nitrogens with one attached hydrogen (secondary N) is 2. The molecule has 0 aromatic carbocycles. The van der Waals surface area contributed by atoms with E-state index in [1.54, 1.807) is 27.2 Å². The molecule has 8 heteroatoms. The Morgan fingerprint density at radius 3 is 2.65 bits per heavy atom. The molecule has 1 rings (SSSR count). The summed E-state index contributed by atoms with van der Waals surface area (Å²) in [5.41, 5.74) is -0.579. The van der Waals surface area contributed by atoms with E-state index in [1.807, 2.05) is 6.92 Å². The Morgan fingerprint density at radius 2 is 2.10 bits per heavy atom. The van der Waals surface area contributed by atoms with Gasteiger partial charge in [0.1, 0.15) is 10.7 Å². The second-order valence-corrected chi connectivity index (χ2v) is 7.47. The van der Waals surface area contributed by atoms with Crippen molar-refractivity contribution in [3.8, 4) is 0 Å². The van der Waals surface area contributed by atoms with Crippen LogP contribution in [0.1, 0.15) is 20.8 Å². The lowest BCUT2D eigenvalue weighted by molar-refractivity contribution is 0.0276. The van der Waals surface area contributed by atoms with E-state index in [2.05, 4.69) is 31.0 Å². The molecule has 1 aromatic heterocycles. The smallest absolute Gasteiger partial charge is 0.244 e. The largest absolute Gasteiger partial charge is 0.377 e. The third kappa shape index (κ3) is 4.69. The number of nitrogens with zero attached hydrogens (tertiary/aromatic N) is 1. The molecule has 0 spiro atoms. The number of ether oxygens (including phenoxy) is 1. The van der Waals surface area contributed by atoms with Crippen LogP contribution in [0, 0.1) is 0 Å². The molecule has 0 aliphatic rings. The maximum absolute atomic E-state index is 12.4. The topological polar surface area (TPSA) is 80.3 Å². The molecule has 0 aliphatic heterocycles. The second kappa shape index (κ2) is 6.84. The van der Waals surface area contributed by atoms with Crippen LogP contribution in [0.25, 0.3) is 0 Å². The van der Waals surface area contributed by atoms with Crippen molar-refractivity contribution in [2.75, 3.05) is 25.5 Å². The van der Waals surface area contributed by atoms with Crippen LogP contribution in [-0.2, 0) is 14.8 Å². The molecular formula is C12H20BrN3O3S. The summed E-state index contributed by atoms with van der Waals surface area (Å²) in [5.74, 6) is 0.332. The van der Waals surface area contributed by atoms with Gasteiger partial charge in [0.05, 0.1) is 5.60 Å². The first-order valence-corrected chi connectivity index (χ1v) is 8.43. The van der Waals surface area contributed by atoms with E-state index in [-0.39, 0.29) is 11.4 Å². The Bertz CT molecular complexity index is 561. The van der Waals surface area contributed by atoms with E-state index in [0.29, 0.717) is 16.8 Å². The van der Waals surface area contributed by atoms with Crippen molar-refractivity contribution in [2.24, 2.45) is 0 Å². The van der Waals surface area contributed by atoms with Gasteiger partial charge in [-0.15, -0.1) is 0 Å². The van der Waals surface area contributed by atoms with Gasteiger partial charge < -0.3 is 10.1 Å². The van der Waals surface area contributed by atoms with Crippen LogP contribution in [0.15, 0.2) is 21.6 Å². The van der Waals surface area contributed by atoms with Crippen LogP contribution in [0.2, 0.25) is 0 Å². The summed E-state index contributed by atoms with van der Waals surface area (Å²) in [6.07, 6.45) is 1.55. The van der Waals surface area contributed by atoms with Gasteiger partial charge in [0.25, 0.3) is 0 Å². The molecule has 1 heterocycles. The second-order valence-electron chi connectivity index (χ2n) is 4.82. The minimum absolute atomic E-state index is 0.112. The Morgan fingerprint density at radius 1 is 1.45 bits per heavy atom.